The van der Waals surface area contributed by atoms with Crippen molar-refractivity contribution in [1.29, 1.82) is 0 Å². The Hall–Kier alpha value is -0.0100. The van der Waals surface area contributed by atoms with Crippen molar-refractivity contribution in [3.8, 4) is 0 Å². The molecule has 1 N–H and O–H groups in total. The summed E-state index contributed by atoms with van der Waals surface area (Å²) in [7, 11) is 0. The van der Waals surface area contributed by atoms with Crippen LogP contribution in [0, 0.1) is 11.8 Å². The van der Waals surface area contributed by atoms with Crippen molar-refractivity contribution in [2.45, 2.75) is 25.7 Å². The lowest BCUT2D eigenvalue weighted by Crippen LogP contribution is -2.31. The topological polar surface area (TPSA) is 12.0 Å². The molecule has 1 fully saturated rings. The van der Waals surface area contributed by atoms with E-state index in [1.165, 1.54) is 25.7 Å². The van der Waals surface area contributed by atoms with Crippen molar-refractivity contribution < 1.29 is 0 Å². The van der Waals surface area contributed by atoms with E-state index >= 15 is 0 Å². The molecule has 0 aromatic heterocycles. The van der Waals surface area contributed by atoms with Gasteiger partial charge in [0.1, 0.15) is 0 Å². The van der Waals surface area contributed by atoms with Crippen LogP contribution in [0.5, 0.6) is 0 Å². The first-order chi connectivity index (χ1) is 6.38. The number of halogens is 1. The zero-order chi connectivity index (χ0) is 9.52. The molecule has 2 heteroatoms. The van der Waals surface area contributed by atoms with Gasteiger partial charge in [0.25, 0.3) is 0 Å². The number of hydrogen-bond acceptors (Lipinski definition) is 1. The fraction of sp³-hybridized carbons (Fsp3) is 0.818. The molecule has 1 rings (SSSR count). The van der Waals surface area contributed by atoms with Crippen molar-refractivity contribution in [2.75, 3.05) is 19.0 Å². The van der Waals surface area contributed by atoms with Gasteiger partial charge in [-0.1, -0.05) is 18.9 Å². The Labute approximate surface area is 86.5 Å². The molecule has 2 atom stereocenters. The maximum atomic E-state index is 5.94. The van der Waals surface area contributed by atoms with Crippen molar-refractivity contribution in [3.63, 3.8) is 0 Å². The Morgan fingerprint density at radius 1 is 1.31 bits per heavy atom. The molecule has 0 saturated heterocycles. The van der Waals surface area contributed by atoms with Crippen LogP contribution in [-0.4, -0.2) is 19.0 Å². The molecule has 0 aliphatic heterocycles. The second-order valence-electron chi connectivity index (χ2n) is 3.91. The molecule has 0 aromatic carbocycles. The van der Waals surface area contributed by atoms with E-state index in [0.717, 1.165) is 30.8 Å². The third-order valence-electron chi connectivity index (χ3n) is 2.96. The molecule has 0 radical (unpaired) electrons. The van der Waals surface area contributed by atoms with Crippen LogP contribution in [0.2, 0.25) is 0 Å². The number of nitrogens with one attached hydrogen (secondary N) is 1. The third-order valence-corrected chi connectivity index (χ3v) is 3.36. The lowest BCUT2D eigenvalue weighted by atomic mass is 9.80. The summed E-state index contributed by atoms with van der Waals surface area (Å²) in [4.78, 5) is 0. The zero-order valence-corrected chi connectivity index (χ0v) is 9.02. The lowest BCUT2D eigenvalue weighted by Gasteiger charge is -2.30. The van der Waals surface area contributed by atoms with Crippen molar-refractivity contribution in [2.24, 2.45) is 11.8 Å². The predicted octanol–water partition coefficient (Wildman–Crippen LogP) is 2.81. The van der Waals surface area contributed by atoms with Gasteiger partial charge in [0.2, 0.25) is 0 Å². The Morgan fingerprint density at radius 3 is 2.62 bits per heavy atom. The van der Waals surface area contributed by atoms with Crippen LogP contribution in [0.4, 0.5) is 0 Å². The first kappa shape index (κ1) is 11.1. The van der Waals surface area contributed by atoms with E-state index in [1.807, 2.05) is 6.08 Å². The predicted molar refractivity (Wildman–Crippen MR) is 59.2 cm³/mol. The highest BCUT2D eigenvalue weighted by atomic mass is 35.5. The molecule has 0 spiro atoms. The first-order valence-corrected chi connectivity index (χ1v) is 5.79. The van der Waals surface area contributed by atoms with E-state index < -0.39 is 0 Å². The largest absolute Gasteiger partial charge is 0.313 e. The second-order valence-corrected chi connectivity index (χ2v) is 4.21. The molecule has 2 unspecified atom stereocenters. The monoisotopic (exact) mass is 201 g/mol. The van der Waals surface area contributed by atoms with Crippen LogP contribution in [0.1, 0.15) is 25.7 Å². The Morgan fingerprint density at radius 2 is 2.00 bits per heavy atom. The number of alkyl halides is 1. The maximum Gasteiger partial charge on any atom is 0.0254 e. The molecule has 1 aliphatic carbocycles. The average molecular weight is 202 g/mol. The smallest absolute Gasteiger partial charge is 0.0254 e. The summed E-state index contributed by atoms with van der Waals surface area (Å²) in [5, 5.41) is 3.39. The Balaban J connectivity index is 2.23. The summed E-state index contributed by atoms with van der Waals surface area (Å²) in [5.74, 6) is 2.37. The zero-order valence-electron chi connectivity index (χ0n) is 8.27. The van der Waals surface area contributed by atoms with Gasteiger partial charge in [-0.2, -0.15) is 0 Å². The van der Waals surface area contributed by atoms with E-state index in [0.29, 0.717) is 0 Å². The molecular weight excluding hydrogens is 182 g/mol. The van der Waals surface area contributed by atoms with Crippen molar-refractivity contribution in [3.05, 3.63) is 12.7 Å². The molecule has 0 heterocycles. The SMILES string of the molecule is C=CCNCC1CCCCC1CCl. The molecular formula is C11H20ClN. The van der Waals surface area contributed by atoms with Gasteiger partial charge in [-0.3, -0.25) is 0 Å². The van der Waals surface area contributed by atoms with E-state index in [1.54, 1.807) is 0 Å². The lowest BCUT2D eigenvalue weighted by molar-refractivity contribution is 0.253. The number of rotatable bonds is 5. The summed E-state index contributed by atoms with van der Waals surface area (Å²) < 4.78 is 0. The second kappa shape index (κ2) is 6.44. The molecule has 13 heavy (non-hydrogen) atoms. The van der Waals surface area contributed by atoms with E-state index in [-0.39, 0.29) is 0 Å². The fourth-order valence-electron chi connectivity index (χ4n) is 2.13. The average Bonchev–Trinajstić information content (AvgIpc) is 2.19. The van der Waals surface area contributed by atoms with Gasteiger partial charge < -0.3 is 5.32 Å². The Kier molecular flexibility index (Phi) is 5.49. The van der Waals surface area contributed by atoms with Crippen LogP contribution in [-0.2, 0) is 0 Å². The molecule has 1 saturated carbocycles. The van der Waals surface area contributed by atoms with E-state index in [2.05, 4.69) is 11.9 Å². The maximum absolute atomic E-state index is 5.94. The van der Waals surface area contributed by atoms with Crippen molar-refractivity contribution in [1.82, 2.24) is 5.32 Å². The summed E-state index contributed by atoms with van der Waals surface area (Å²) in [6.07, 6.45) is 7.34. The highest BCUT2D eigenvalue weighted by molar-refractivity contribution is 6.18. The summed E-state index contributed by atoms with van der Waals surface area (Å²) in [6.45, 7) is 5.73. The molecule has 1 nitrogen and oxygen atoms in total. The Bertz CT molecular complexity index is 147. The van der Waals surface area contributed by atoms with Gasteiger partial charge in [-0.05, 0) is 31.2 Å². The van der Waals surface area contributed by atoms with Crippen LogP contribution >= 0.6 is 11.6 Å². The van der Waals surface area contributed by atoms with Gasteiger partial charge >= 0.3 is 0 Å². The van der Waals surface area contributed by atoms with Gasteiger partial charge in [0.15, 0.2) is 0 Å². The molecule has 76 valence electrons. The van der Waals surface area contributed by atoms with Gasteiger partial charge in [-0.15, -0.1) is 18.2 Å². The summed E-state index contributed by atoms with van der Waals surface area (Å²) in [6, 6.07) is 0. The fourth-order valence-corrected chi connectivity index (χ4v) is 2.53. The highest BCUT2D eigenvalue weighted by Gasteiger charge is 2.23. The number of hydrogen-bond donors (Lipinski definition) is 1. The van der Waals surface area contributed by atoms with Crippen LogP contribution in [0.3, 0.4) is 0 Å². The minimum atomic E-state index is 0.743. The minimum Gasteiger partial charge on any atom is -0.313 e. The standard InChI is InChI=1S/C11H20ClN/c1-2-7-13-9-11-6-4-3-5-10(11)8-12/h2,10-11,13H,1,3-9H2. The van der Waals surface area contributed by atoms with E-state index in [4.69, 9.17) is 11.6 Å². The molecule has 1 aliphatic rings. The minimum absolute atomic E-state index is 0.743. The summed E-state index contributed by atoms with van der Waals surface area (Å²) >= 11 is 5.94. The summed E-state index contributed by atoms with van der Waals surface area (Å²) in [5.41, 5.74) is 0. The normalized spacial score (nSPS) is 28.7. The van der Waals surface area contributed by atoms with Gasteiger partial charge in [0, 0.05) is 12.4 Å². The first-order valence-electron chi connectivity index (χ1n) is 5.26. The van der Waals surface area contributed by atoms with Gasteiger partial charge in [-0.25, -0.2) is 0 Å². The van der Waals surface area contributed by atoms with Crippen LogP contribution < -0.4 is 5.32 Å². The van der Waals surface area contributed by atoms with Crippen molar-refractivity contribution >= 4 is 11.6 Å². The molecule has 0 aromatic rings. The molecule has 0 bridgehead atoms. The van der Waals surface area contributed by atoms with Crippen LogP contribution in [0.15, 0.2) is 12.7 Å². The quantitative estimate of drug-likeness (QED) is 0.410. The third kappa shape index (κ3) is 3.70. The highest BCUT2D eigenvalue weighted by Crippen LogP contribution is 2.30. The van der Waals surface area contributed by atoms with Crippen LogP contribution in [0.25, 0.3) is 0 Å². The van der Waals surface area contributed by atoms with Gasteiger partial charge in [0.05, 0.1) is 0 Å². The molecule has 0 amide bonds. The van der Waals surface area contributed by atoms with E-state index in [9.17, 15) is 0 Å².